The lowest BCUT2D eigenvalue weighted by atomic mass is 9.76. The van der Waals surface area contributed by atoms with Gasteiger partial charge in [0.25, 0.3) is 0 Å². The number of methoxy groups -OCH3 is 1. The zero-order chi connectivity index (χ0) is 17.0. The third kappa shape index (κ3) is 6.78. The van der Waals surface area contributed by atoms with Gasteiger partial charge in [0.05, 0.1) is 12.4 Å². The summed E-state index contributed by atoms with van der Waals surface area (Å²) in [7, 11) is 1.79. The maximum Gasteiger partial charge on any atom is 0.0982 e. The first-order valence-corrected chi connectivity index (χ1v) is 10.7. The predicted molar refractivity (Wildman–Crippen MR) is 102 cm³/mol. The molecule has 2 aliphatic rings. The smallest absolute Gasteiger partial charge is 0.0982 e. The third-order valence-electron chi connectivity index (χ3n) is 5.99. The molecule has 0 aromatic heterocycles. The van der Waals surface area contributed by atoms with Crippen LogP contribution >= 0.6 is 0 Å². The molecule has 0 N–H and O–H groups in total. The Bertz CT molecular complexity index is 347. The zero-order valence-corrected chi connectivity index (χ0v) is 16.3. The Balaban J connectivity index is 1.69. The molecule has 2 rings (SSSR count). The highest BCUT2D eigenvalue weighted by molar-refractivity contribution is 5.18. The van der Waals surface area contributed by atoms with Crippen LogP contribution in [0.2, 0.25) is 0 Å². The van der Waals surface area contributed by atoms with Crippen LogP contribution in [0.5, 0.6) is 0 Å². The van der Waals surface area contributed by atoms with Crippen molar-refractivity contribution < 1.29 is 9.47 Å². The minimum Gasteiger partial charge on any atom is -0.498 e. The van der Waals surface area contributed by atoms with E-state index in [1.165, 1.54) is 95.7 Å². The highest BCUT2D eigenvalue weighted by Gasteiger charge is 2.28. The molecule has 2 fully saturated rings. The van der Waals surface area contributed by atoms with E-state index in [1.807, 2.05) is 0 Å². The molecule has 0 amide bonds. The van der Waals surface area contributed by atoms with Crippen LogP contribution < -0.4 is 0 Å². The number of hydrogen-bond donors (Lipinski definition) is 0. The maximum absolute atomic E-state index is 6.36. The summed E-state index contributed by atoms with van der Waals surface area (Å²) in [6.07, 6.45) is 18.8. The lowest BCUT2D eigenvalue weighted by molar-refractivity contribution is 0.135. The van der Waals surface area contributed by atoms with Crippen molar-refractivity contribution in [2.24, 2.45) is 11.8 Å². The van der Waals surface area contributed by atoms with Gasteiger partial charge >= 0.3 is 0 Å². The summed E-state index contributed by atoms with van der Waals surface area (Å²) < 4.78 is 11.5. The minimum atomic E-state index is 0.742. The van der Waals surface area contributed by atoms with Gasteiger partial charge in [-0.2, -0.15) is 0 Å². The van der Waals surface area contributed by atoms with Crippen molar-refractivity contribution in [2.45, 2.75) is 96.8 Å². The normalized spacial score (nSPS) is 23.8. The molecule has 2 saturated carbocycles. The summed E-state index contributed by atoms with van der Waals surface area (Å²) in [5.41, 5.74) is 1.66. The summed E-state index contributed by atoms with van der Waals surface area (Å²) >= 11 is 0. The van der Waals surface area contributed by atoms with Crippen LogP contribution in [0.3, 0.4) is 0 Å². The fourth-order valence-electron chi connectivity index (χ4n) is 4.20. The summed E-state index contributed by atoms with van der Waals surface area (Å²) in [5, 5.41) is 0. The number of rotatable bonds is 12. The van der Waals surface area contributed by atoms with Crippen molar-refractivity contribution in [2.75, 3.05) is 20.3 Å². The molecule has 0 atom stereocenters. The SMILES string of the molecule is CCCCC1CCC(C(OCCCCCCOC)=C2CCC2)CC1. The Morgan fingerprint density at radius 3 is 2.21 bits per heavy atom. The maximum atomic E-state index is 6.36. The van der Waals surface area contributed by atoms with E-state index < -0.39 is 0 Å². The van der Waals surface area contributed by atoms with Crippen molar-refractivity contribution >= 4 is 0 Å². The fraction of sp³-hybridized carbons (Fsp3) is 0.909. The number of unbranched alkanes of at least 4 members (excludes halogenated alkanes) is 4. The van der Waals surface area contributed by atoms with E-state index in [0.29, 0.717) is 0 Å². The average molecular weight is 337 g/mol. The van der Waals surface area contributed by atoms with Gasteiger partial charge in [0.15, 0.2) is 0 Å². The first-order valence-electron chi connectivity index (χ1n) is 10.7. The predicted octanol–water partition coefficient (Wildman–Crippen LogP) is 6.64. The lowest BCUT2D eigenvalue weighted by Gasteiger charge is -2.33. The molecule has 0 unspecified atom stereocenters. The first-order chi connectivity index (χ1) is 11.8. The van der Waals surface area contributed by atoms with Crippen molar-refractivity contribution in [3.63, 3.8) is 0 Å². The van der Waals surface area contributed by atoms with Gasteiger partial charge in [0.1, 0.15) is 0 Å². The lowest BCUT2D eigenvalue weighted by Crippen LogP contribution is -2.20. The second kappa shape index (κ2) is 12.0. The van der Waals surface area contributed by atoms with E-state index in [0.717, 1.165) is 25.0 Å². The second-order valence-corrected chi connectivity index (χ2v) is 7.94. The van der Waals surface area contributed by atoms with Gasteiger partial charge in [-0.15, -0.1) is 0 Å². The summed E-state index contributed by atoms with van der Waals surface area (Å²) in [5.74, 6) is 3.17. The van der Waals surface area contributed by atoms with Crippen LogP contribution in [0.25, 0.3) is 0 Å². The first kappa shape index (κ1) is 19.8. The van der Waals surface area contributed by atoms with Crippen LogP contribution in [0.15, 0.2) is 11.3 Å². The van der Waals surface area contributed by atoms with Gasteiger partial charge in [-0.25, -0.2) is 0 Å². The second-order valence-electron chi connectivity index (χ2n) is 7.94. The van der Waals surface area contributed by atoms with Crippen molar-refractivity contribution in [1.29, 1.82) is 0 Å². The Labute approximate surface area is 150 Å². The van der Waals surface area contributed by atoms with Gasteiger partial charge < -0.3 is 9.47 Å². The Morgan fingerprint density at radius 2 is 1.62 bits per heavy atom. The van der Waals surface area contributed by atoms with E-state index in [9.17, 15) is 0 Å². The van der Waals surface area contributed by atoms with Gasteiger partial charge in [0, 0.05) is 19.6 Å². The Morgan fingerprint density at radius 1 is 0.917 bits per heavy atom. The molecule has 0 heterocycles. The molecule has 0 aromatic carbocycles. The van der Waals surface area contributed by atoms with Crippen LogP contribution in [0, 0.1) is 11.8 Å². The van der Waals surface area contributed by atoms with Gasteiger partial charge in [-0.1, -0.05) is 32.6 Å². The van der Waals surface area contributed by atoms with Gasteiger partial charge in [0.2, 0.25) is 0 Å². The number of allylic oxidation sites excluding steroid dienone is 2. The molecule has 0 bridgehead atoms. The molecule has 0 saturated heterocycles. The molecule has 0 radical (unpaired) electrons. The minimum absolute atomic E-state index is 0.742. The van der Waals surface area contributed by atoms with E-state index in [1.54, 1.807) is 12.7 Å². The van der Waals surface area contributed by atoms with Crippen molar-refractivity contribution in [3.8, 4) is 0 Å². The molecule has 0 spiro atoms. The molecule has 0 aromatic rings. The molecular weight excluding hydrogens is 296 g/mol. The topological polar surface area (TPSA) is 18.5 Å². The monoisotopic (exact) mass is 336 g/mol. The Kier molecular flexibility index (Phi) is 9.87. The largest absolute Gasteiger partial charge is 0.498 e. The average Bonchev–Trinajstić information content (AvgIpc) is 2.57. The van der Waals surface area contributed by atoms with Crippen LogP contribution in [0.4, 0.5) is 0 Å². The van der Waals surface area contributed by atoms with E-state index in [-0.39, 0.29) is 0 Å². The van der Waals surface area contributed by atoms with Crippen LogP contribution in [-0.2, 0) is 9.47 Å². The van der Waals surface area contributed by atoms with Crippen molar-refractivity contribution in [1.82, 2.24) is 0 Å². The molecule has 24 heavy (non-hydrogen) atoms. The molecule has 0 aliphatic heterocycles. The van der Waals surface area contributed by atoms with Gasteiger partial charge in [-0.05, 0) is 75.7 Å². The van der Waals surface area contributed by atoms with Gasteiger partial charge in [-0.3, -0.25) is 0 Å². The quantitative estimate of drug-likeness (QED) is 0.293. The molecular formula is C22H40O2. The highest BCUT2D eigenvalue weighted by atomic mass is 16.5. The van der Waals surface area contributed by atoms with Crippen molar-refractivity contribution in [3.05, 3.63) is 11.3 Å². The summed E-state index contributed by atoms with van der Waals surface area (Å²) in [6, 6.07) is 0. The molecule has 2 aliphatic carbocycles. The van der Waals surface area contributed by atoms with E-state index >= 15 is 0 Å². The molecule has 2 nitrogen and oxygen atoms in total. The standard InChI is InChI=1S/C22H40O2/c1-3-4-10-19-13-15-21(16-14-19)22(20-11-9-12-20)24-18-8-6-5-7-17-23-2/h19,21H,3-18H2,1-2H3. The third-order valence-corrected chi connectivity index (χ3v) is 5.99. The zero-order valence-electron chi connectivity index (χ0n) is 16.3. The van der Waals surface area contributed by atoms with Crippen LogP contribution in [-0.4, -0.2) is 20.3 Å². The molecule has 2 heteroatoms. The number of ether oxygens (including phenoxy) is 2. The Hall–Kier alpha value is -0.500. The fourth-order valence-corrected chi connectivity index (χ4v) is 4.20. The summed E-state index contributed by atoms with van der Waals surface area (Å²) in [6.45, 7) is 4.15. The number of hydrogen-bond acceptors (Lipinski definition) is 2. The molecule has 140 valence electrons. The van der Waals surface area contributed by atoms with E-state index in [4.69, 9.17) is 9.47 Å². The van der Waals surface area contributed by atoms with E-state index in [2.05, 4.69) is 6.92 Å². The highest BCUT2D eigenvalue weighted by Crippen LogP contribution is 2.41. The van der Waals surface area contributed by atoms with Crippen LogP contribution in [0.1, 0.15) is 96.8 Å². The summed E-state index contributed by atoms with van der Waals surface area (Å²) in [4.78, 5) is 0.